The Morgan fingerprint density at radius 3 is 2.95 bits per heavy atom. The lowest BCUT2D eigenvalue weighted by Crippen LogP contribution is -2.47. The fourth-order valence-electron chi connectivity index (χ4n) is 2.62. The number of aromatic nitrogens is 2. The Bertz CT molecular complexity index is 442. The van der Waals surface area contributed by atoms with E-state index < -0.39 is 0 Å². The minimum atomic E-state index is 0.0935. The molecule has 5 nitrogen and oxygen atoms in total. The van der Waals surface area contributed by atoms with Crippen LogP contribution in [0.1, 0.15) is 38.7 Å². The third-order valence-electron chi connectivity index (χ3n) is 3.65. The van der Waals surface area contributed by atoms with E-state index in [1.165, 1.54) is 6.42 Å². The first-order valence-electron chi connectivity index (χ1n) is 7.46. The zero-order chi connectivity index (χ0) is 14.5. The van der Waals surface area contributed by atoms with Crippen LogP contribution in [0.25, 0.3) is 0 Å². The fourth-order valence-corrected chi connectivity index (χ4v) is 2.62. The maximum Gasteiger partial charge on any atom is 0.248 e. The number of ether oxygens (including phenoxy) is 1. The van der Waals surface area contributed by atoms with Gasteiger partial charge in [-0.2, -0.15) is 5.10 Å². The van der Waals surface area contributed by atoms with E-state index in [0.717, 1.165) is 31.5 Å². The second-order valence-corrected chi connectivity index (χ2v) is 5.84. The minimum absolute atomic E-state index is 0.0935. The predicted molar refractivity (Wildman–Crippen MR) is 77.4 cm³/mol. The SMILES string of the molecule is Cc1cnn(C[C@@H]2CCCCN2C(=O)COC(C)C)c1. The number of likely N-dealkylation sites (tertiary alicyclic amines) is 1. The number of hydrogen-bond donors (Lipinski definition) is 0. The van der Waals surface area contributed by atoms with Crippen molar-refractivity contribution in [2.45, 2.75) is 58.7 Å². The summed E-state index contributed by atoms with van der Waals surface area (Å²) >= 11 is 0. The lowest BCUT2D eigenvalue weighted by molar-refractivity contribution is -0.141. The van der Waals surface area contributed by atoms with Gasteiger partial charge in [-0.15, -0.1) is 0 Å². The maximum absolute atomic E-state index is 12.3. The molecule has 0 spiro atoms. The Labute approximate surface area is 120 Å². The van der Waals surface area contributed by atoms with Crippen LogP contribution in [0.4, 0.5) is 0 Å². The van der Waals surface area contributed by atoms with Crippen LogP contribution in [0.2, 0.25) is 0 Å². The average molecular weight is 279 g/mol. The van der Waals surface area contributed by atoms with Crippen molar-refractivity contribution in [1.29, 1.82) is 0 Å². The number of nitrogens with zero attached hydrogens (tertiary/aromatic N) is 3. The second kappa shape index (κ2) is 6.88. The third kappa shape index (κ3) is 4.07. The Morgan fingerprint density at radius 2 is 2.30 bits per heavy atom. The van der Waals surface area contributed by atoms with E-state index in [1.807, 2.05) is 42.7 Å². The van der Waals surface area contributed by atoms with Crippen LogP contribution < -0.4 is 0 Å². The molecule has 1 saturated heterocycles. The molecule has 0 bridgehead atoms. The van der Waals surface area contributed by atoms with Crippen molar-refractivity contribution in [3.63, 3.8) is 0 Å². The first kappa shape index (κ1) is 15.0. The van der Waals surface area contributed by atoms with Gasteiger partial charge >= 0.3 is 0 Å². The zero-order valence-corrected chi connectivity index (χ0v) is 12.7. The fraction of sp³-hybridized carbons (Fsp3) is 0.733. The van der Waals surface area contributed by atoms with Crippen LogP contribution in [0.5, 0.6) is 0 Å². The largest absolute Gasteiger partial charge is 0.369 e. The third-order valence-corrected chi connectivity index (χ3v) is 3.65. The van der Waals surface area contributed by atoms with Gasteiger partial charge in [0.05, 0.1) is 24.9 Å². The van der Waals surface area contributed by atoms with Crippen molar-refractivity contribution in [1.82, 2.24) is 14.7 Å². The summed E-state index contributed by atoms with van der Waals surface area (Å²) in [5.41, 5.74) is 1.15. The van der Waals surface area contributed by atoms with Gasteiger partial charge in [0.15, 0.2) is 0 Å². The molecule has 1 atom stereocenters. The lowest BCUT2D eigenvalue weighted by Gasteiger charge is -2.35. The molecular weight excluding hydrogens is 254 g/mol. The van der Waals surface area contributed by atoms with E-state index in [0.29, 0.717) is 0 Å². The Kier molecular flexibility index (Phi) is 5.17. The van der Waals surface area contributed by atoms with E-state index in [1.54, 1.807) is 0 Å². The number of amides is 1. The number of piperidine rings is 1. The molecule has 1 amide bonds. The van der Waals surface area contributed by atoms with E-state index in [-0.39, 0.29) is 24.7 Å². The van der Waals surface area contributed by atoms with Gasteiger partial charge in [0, 0.05) is 12.7 Å². The molecule has 1 fully saturated rings. The van der Waals surface area contributed by atoms with Gasteiger partial charge in [0.25, 0.3) is 0 Å². The molecule has 0 aromatic carbocycles. The smallest absolute Gasteiger partial charge is 0.248 e. The molecule has 2 rings (SSSR count). The van der Waals surface area contributed by atoms with Gasteiger partial charge < -0.3 is 9.64 Å². The number of rotatable bonds is 5. The van der Waals surface area contributed by atoms with Crippen molar-refractivity contribution >= 4 is 5.91 Å². The first-order valence-corrected chi connectivity index (χ1v) is 7.46. The molecule has 0 unspecified atom stereocenters. The van der Waals surface area contributed by atoms with Gasteiger partial charge in [-0.3, -0.25) is 9.48 Å². The topological polar surface area (TPSA) is 47.4 Å². The minimum Gasteiger partial charge on any atom is -0.369 e. The summed E-state index contributed by atoms with van der Waals surface area (Å²) in [4.78, 5) is 14.3. The molecule has 112 valence electrons. The number of hydrogen-bond acceptors (Lipinski definition) is 3. The number of carbonyl (C=O) groups is 1. The molecule has 5 heteroatoms. The molecule has 0 saturated carbocycles. The molecule has 0 N–H and O–H groups in total. The van der Waals surface area contributed by atoms with E-state index in [2.05, 4.69) is 5.10 Å². The molecule has 0 aliphatic carbocycles. The van der Waals surface area contributed by atoms with Gasteiger partial charge in [0.1, 0.15) is 6.61 Å². The van der Waals surface area contributed by atoms with Crippen molar-refractivity contribution in [2.75, 3.05) is 13.2 Å². The summed E-state index contributed by atoms with van der Waals surface area (Å²) in [7, 11) is 0. The average Bonchev–Trinajstić information content (AvgIpc) is 2.82. The molecule has 2 heterocycles. The summed E-state index contributed by atoms with van der Waals surface area (Å²) in [6.07, 6.45) is 7.29. The van der Waals surface area contributed by atoms with E-state index in [4.69, 9.17) is 4.74 Å². The van der Waals surface area contributed by atoms with Crippen molar-refractivity contribution in [2.24, 2.45) is 0 Å². The van der Waals surface area contributed by atoms with Crippen LogP contribution in [0.15, 0.2) is 12.4 Å². The van der Waals surface area contributed by atoms with Crippen molar-refractivity contribution in [3.8, 4) is 0 Å². The Morgan fingerprint density at radius 1 is 1.50 bits per heavy atom. The molecule has 1 aromatic rings. The summed E-state index contributed by atoms with van der Waals surface area (Å²) in [5, 5.41) is 4.33. The monoisotopic (exact) mass is 279 g/mol. The highest BCUT2D eigenvalue weighted by atomic mass is 16.5. The molecule has 1 aliphatic heterocycles. The summed E-state index contributed by atoms with van der Waals surface area (Å²) in [5.74, 6) is 0.104. The molecular formula is C15H25N3O2. The highest BCUT2D eigenvalue weighted by molar-refractivity contribution is 5.77. The second-order valence-electron chi connectivity index (χ2n) is 5.84. The van der Waals surface area contributed by atoms with Crippen LogP contribution in [-0.4, -0.2) is 45.9 Å². The van der Waals surface area contributed by atoms with Crippen molar-refractivity contribution in [3.05, 3.63) is 18.0 Å². The number of carbonyl (C=O) groups excluding carboxylic acids is 1. The lowest BCUT2D eigenvalue weighted by atomic mass is 10.0. The molecule has 20 heavy (non-hydrogen) atoms. The van der Waals surface area contributed by atoms with Crippen LogP contribution >= 0.6 is 0 Å². The predicted octanol–water partition coefficient (Wildman–Crippen LogP) is 2.00. The molecule has 1 aliphatic rings. The van der Waals surface area contributed by atoms with E-state index in [9.17, 15) is 4.79 Å². The summed E-state index contributed by atoms with van der Waals surface area (Å²) in [6.45, 7) is 7.74. The van der Waals surface area contributed by atoms with Crippen LogP contribution in [0.3, 0.4) is 0 Å². The molecule has 0 radical (unpaired) electrons. The van der Waals surface area contributed by atoms with Gasteiger partial charge in [-0.1, -0.05) is 0 Å². The highest BCUT2D eigenvalue weighted by Crippen LogP contribution is 2.19. The van der Waals surface area contributed by atoms with E-state index >= 15 is 0 Å². The number of aryl methyl sites for hydroxylation is 1. The Hall–Kier alpha value is -1.36. The highest BCUT2D eigenvalue weighted by Gasteiger charge is 2.27. The quantitative estimate of drug-likeness (QED) is 0.828. The standard InChI is InChI=1S/C15H25N3O2/c1-12(2)20-11-15(19)18-7-5-4-6-14(18)10-17-9-13(3)8-16-17/h8-9,12,14H,4-7,10-11H2,1-3H3/t14-/m0/s1. The maximum atomic E-state index is 12.3. The van der Waals surface area contributed by atoms with Gasteiger partial charge in [-0.05, 0) is 45.6 Å². The Balaban J connectivity index is 1.95. The summed E-state index contributed by atoms with van der Waals surface area (Å²) in [6, 6.07) is 0.242. The van der Waals surface area contributed by atoms with Crippen LogP contribution in [0, 0.1) is 6.92 Å². The van der Waals surface area contributed by atoms with Gasteiger partial charge in [0.2, 0.25) is 5.91 Å². The van der Waals surface area contributed by atoms with Crippen LogP contribution in [-0.2, 0) is 16.1 Å². The van der Waals surface area contributed by atoms with Crippen molar-refractivity contribution < 1.29 is 9.53 Å². The normalized spacial score (nSPS) is 19.6. The molecule has 1 aromatic heterocycles. The zero-order valence-electron chi connectivity index (χ0n) is 12.7. The first-order chi connectivity index (χ1) is 9.56. The van der Waals surface area contributed by atoms with Gasteiger partial charge in [-0.25, -0.2) is 0 Å². The summed E-state index contributed by atoms with van der Waals surface area (Å²) < 4.78 is 7.39.